The first kappa shape index (κ1) is 23.8. The van der Waals surface area contributed by atoms with Gasteiger partial charge in [-0.1, -0.05) is 37.5 Å². The van der Waals surface area contributed by atoms with Crippen molar-refractivity contribution in [1.29, 1.82) is 0 Å². The second-order valence-corrected chi connectivity index (χ2v) is 9.08. The average Bonchev–Trinajstić information content (AvgIpc) is 3.26. The molecule has 2 aliphatic rings. The highest BCUT2D eigenvalue weighted by Crippen LogP contribution is 2.33. The van der Waals surface area contributed by atoms with Crippen molar-refractivity contribution in [2.45, 2.75) is 70.6 Å². The van der Waals surface area contributed by atoms with Crippen LogP contribution in [0.5, 0.6) is 5.75 Å². The summed E-state index contributed by atoms with van der Waals surface area (Å²) in [5, 5.41) is 3.19. The molecule has 182 valence electrons. The van der Waals surface area contributed by atoms with Crippen LogP contribution in [0.4, 0.5) is 0 Å². The van der Waals surface area contributed by atoms with E-state index >= 15 is 0 Å². The van der Waals surface area contributed by atoms with Crippen molar-refractivity contribution in [1.82, 2.24) is 19.8 Å². The maximum atomic E-state index is 13.8. The van der Waals surface area contributed by atoms with Crippen molar-refractivity contribution in [2.75, 3.05) is 13.7 Å². The van der Waals surface area contributed by atoms with E-state index in [1.54, 1.807) is 11.5 Å². The number of para-hydroxylation sites is 1. The second kappa shape index (κ2) is 9.87. The van der Waals surface area contributed by atoms with Crippen LogP contribution >= 0.6 is 0 Å². The minimum Gasteiger partial charge on any atom is -0.494 e. The van der Waals surface area contributed by atoms with Crippen molar-refractivity contribution in [2.24, 2.45) is 0 Å². The zero-order chi connectivity index (χ0) is 24.3. The number of rotatable bonds is 7. The molecule has 1 aromatic carbocycles. The molecular formula is C25H32N4O5. The predicted octanol–water partition coefficient (Wildman–Crippen LogP) is 2.93. The van der Waals surface area contributed by atoms with E-state index in [0.29, 0.717) is 12.4 Å². The van der Waals surface area contributed by atoms with Gasteiger partial charge in [0.1, 0.15) is 17.0 Å². The number of carbonyl (C=O) groups excluding carboxylic acids is 3. The van der Waals surface area contributed by atoms with Gasteiger partial charge in [0.2, 0.25) is 5.91 Å². The van der Waals surface area contributed by atoms with Crippen LogP contribution in [0.25, 0.3) is 0 Å². The van der Waals surface area contributed by atoms with Gasteiger partial charge >= 0.3 is 5.97 Å². The quantitative estimate of drug-likeness (QED) is 0.627. The molecule has 0 saturated heterocycles. The molecule has 1 fully saturated rings. The Morgan fingerprint density at radius 2 is 1.94 bits per heavy atom. The summed E-state index contributed by atoms with van der Waals surface area (Å²) in [6, 6.07) is 7.56. The number of carbonyl (C=O) groups is 3. The van der Waals surface area contributed by atoms with Gasteiger partial charge in [0.25, 0.3) is 5.91 Å². The Labute approximate surface area is 199 Å². The number of imidazole rings is 1. The molecule has 4 rings (SSSR count). The van der Waals surface area contributed by atoms with E-state index in [2.05, 4.69) is 10.3 Å². The molecule has 1 saturated carbocycles. The molecule has 2 aromatic rings. The van der Waals surface area contributed by atoms with Crippen LogP contribution in [0.15, 0.2) is 30.6 Å². The van der Waals surface area contributed by atoms with Gasteiger partial charge in [0.05, 0.1) is 33.1 Å². The summed E-state index contributed by atoms with van der Waals surface area (Å²) in [7, 11) is 1.25. The van der Waals surface area contributed by atoms with E-state index < -0.39 is 17.4 Å². The zero-order valence-electron chi connectivity index (χ0n) is 20.0. The minimum absolute atomic E-state index is 0.0506. The number of esters is 1. The highest BCUT2D eigenvalue weighted by Gasteiger charge is 2.49. The zero-order valence-corrected chi connectivity index (χ0v) is 20.0. The topological polar surface area (TPSA) is 103 Å². The maximum Gasteiger partial charge on any atom is 0.359 e. The normalized spacial score (nSPS) is 20.6. The van der Waals surface area contributed by atoms with Gasteiger partial charge in [-0.25, -0.2) is 9.78 Å². The minimum atomic E-state index is -1.19. The van der Waals surface area contributed by atoms with Crippen LogP contribution in [0.3, 0.4) is 0 Å². The number of nitrogens with zero attached hydrogens (tertiary/aromatic N) is 3. The largest absolute Gasteiger partial charge is 0.494 e. The van der Waals surface area contributed by atoms with Crippen LogP contribution in [0, 0.1) is 0 Å². The van der Waals surface area contributed by atoms with Gasteiger partial charge in [0, 0.05) is 11.6 Å². The Morgan fingerprint density at radius 3 is 2.65 bits per heavy atom. The van der Waals surface area contributed by atoms with E-state index in [0.717, 1.165) is 31.2 Å². The monoisotopic (exact) mass is 468 g/mol. The van der Waals surface area contributed by atoms with E-state index in [-0.39, 0.29) is 36.4 Å². The van der Waals surface area contributed by atoms with Crippen molar-refractivity contribution in [3.05, 3.63) is 47.5 Å². The summed E-state index contributed by atoms with van der Waals surface area (Å²) < 4.78 is 12.2. The lowest BCUT2D eigenvalue weighted by atomic mass is 9.90. The highest BCUT2D eigenvalue weighted by atomic mass is 16.5. The summed E-state index contributed by atoms with van der Waals surface area (Å²) in [6.07, 6.45) is 6.65. The van der Waals surface area contributed by atoms with E-state index in [9.17, 15) is 14.4 Å². The number of hydrogen-bond donors (Lipinski definition) is 1. The van der Waals surface area contributed by atoms with Crippen molar-refractivity contribution < 1.29 is 23.9 Å². The van der Waals surface area contributed by atoms with Gasteiger partial charge in [0.15, 0.2) is 5.69 Å². The smallest absolute Gasteiger partial charge is 0.359 e. The molecule has 2 heterocycles. The molecule has 2 amide bonds. The van der Waals surface area contributed by atoms with Crippen LogP contribution < -0.4 is 10.1 Å². The molecule has 0 bridgehead atoms. The molecule has 1 N–H and O–H groups in total. The third-order valence-corrected chi connectivity index (χ3v) is 6.77. The summed E-state index contributed by atoms with van der Waals surface area (Å²) in [4.78, 5) is 45.5. The van der Waals surface area contributed by atoms with Crippen LogP contribution in [-0.2, 0) is 22.6 Å². The number of benzene rings is 1. The van der Waals surface area contributed by atoms with Gasteiger partial charge in [-0.15, -0.1) is 0 Å². The summed E-state index contributed by atoms with van der Waals surface area (Å²) in [5.74, 6) is -0.690. The lowest BCUT2D eigenvalue weighted by molar-refractivity contribution is -0.134. The van der Waals surface area contributed by atoms with E-state index in [1.165, 1.54) is 24.8 Å². The molecule has 9 heteroatoms. The lowest BCUT2D eigenvalue weighted by Crippen LogP contribution is -2.64. The maximum absolute atomic E-state index is 13.8. The van der Waals surface area contributed by atoms with E-state index in [4.69, 9.17) is 9.47 Å². The van der Waals surface area contributed by atoms with Crippen LogP contribution in [0.1, 0.15) is 72.5 Å². The molecule has 1 unspecified atom stereocenters. The molecular weight excluding hydrogens is 436 g/mol. The fraction of sp³-hybridized carbons (Fsp3) is 0.520. The number of fused-ring (bicyclic) bond motifs is 1. The van der Waals surface area contributed by atoms with Crippen LogP contribution in [0.2, 0.25) is 0 Å². The fourth-order valence-corrected chi connectivity index (χ4v) is 4.87. The van der Waals surface area contributed by atoms with Gasteiger partial charge in [-0.05, 0) is 32.8 Å². The molecule has 9 nitrogen and oxygen atoms in total. The van der Waals surface area contributed by atoms with Crippen LogP contribution in [-0.4, -0.2) is 57.5 Å². The third-order valence-electron chi connectivity index (χ3n) is 6.77. The first-order valence-corrected chi connectivity index (χ1v) is 11.9. The Bertz CT molecular complexity index is 1080. The second-order valence-electron chi connectivity index (χ2n) is 9.08. The number of aromatic nitrogens is 2. The number of hydrogen-bond acceptors (Lipinski definition) is 6. The Morgan fingerprint density at radius 1 is 1.21 bits per heavy atom. The molecule has 1 aliphatic carbocycles. The third kappa shape index (κ3) is 4.38. The number of nitrogens with one attached hydrogen (secondary N) is 1. The molecule has 34 heavy (non-hydrogen) atoms. The number of ether oxygens (including phenoxy) is 2. The number of amides is 2. The van der Waals surface area contributed by atoms with E-state index in [1.807, 2.05) is 31.2 Å². The average molecular weight is 469 g/mol. The Kier molecular flexibility index (Phi) is 6.90. The Hall–Kier alpha value is -3.36. The molecule has 1 aromatic heterocycles. The van der Waals surface area contributed by atoms with Gasteiger partial charge in [-0.2, -0.15) is 0 Å². The van der Waals surface area contributed by atoms with Crippen molar-refractivity contribution in [3.63, 3.8) is 0 Å². The molecule has 1 atom stereocenters. The summed E-state index contributed by atoms with van der Waals surface area (Å²) in [6.45, 7) is 4.46. The van der Waals surface area contributed by atoms with Gasteiger partial charge < -0.3 is 24.3 Å². The first-order chi connectivity index (χ1) is 16.4. The molecule has 1 aliphatic heterocycles. The Balaban J connectivity index is 1.73. The standard InChI is InChI=1S/C25H32N4O5/c1-4-34-19-13-9-8-10-17(19)14-29-22(30)21-20(23(31)33-3)26-16-28(21)15-25(29,2)24(32)27-18-11-6-5-7-12-18/h8-10,13,16,18H,4-7,11-12,14-15H2,1-3H3,(H,27,32). The predicted molar refractivity (Wildman–Crippen MR) is 124 cm³/mol. The fourth-order valence-electron chi connectivity index (χ4n) is 4.87. The highest BCUT2D eigenvalue weighted by molar-refractivity contribution is 6.06. The molecule has 0 spiro atoms. The lowest BCUT2D eigenvalue weighted by Gasteiger charge is -2.44. The van der Waals surface area contributed by atoms with Gasteiger partial charge in [-0.3, -0.25) is 9.59 Å². The number of methoxy groups -OCH3 is 1. The van der Waals surface area contributed by atoms with Crippen molar-refractivity contribution in [3.8, 4) is 5.75 Å². The first-order valence-electron chi connectivity index (χ1n) is 11.9. The SMILES string of the molecule is CCOc1ccccc1CN1C(=O)c2c(C(=O)OC)ncn2CC1(C)C(=O)NC1CCCCC1. The summed E-state index contributed by atoms with van der Waals surface area (Å²) in [5.41, 5.74) is -0.328. The molecule has 0 radical (unpaired) electrons. The summed E-state index contributed by atoms with van der Waals surface area (Å²) >= 11 is 0. The van der Waals surface area contributed by atoms with Crippen molar-refractivity contribution >= 4 is 17.8 Å².